The molecule has 2 N–H and O–H groups in total. The number of halogens is 2. The SMILES string of the molecule is [2H]c1c(-c2[nH]c3cc(F)ccc3c2[2H])[nH]c2cc(F)ccc12. The normalized spacial score (nSPS) is 12.9. The largest absolute Gasteiger partial charge is 0.353 e. The van der Waals surface area contributed by atoms with Gasteiger partial charge in [0, 0.05) is 21.8 Å². The summed E-state index contributed by atoms with van der Waals surface area (Å²) in [5, 5.41) is 1.14. The average Bonchev–Trinajstić information content (AvgIpc) is 2.96. The Morgan fingerprint density at radius 2 is 1.20 bits per heavy atom. The molecular formula is C16H10F2N2. The Hall–Kier alpha value is -2.62. The number of rotatable bonds is 1. The Balaban J connectivity index is 2.02. The fourth-order valence-electron chi connectivity index (χ4n) is 2.31. The van der Waals surface area contributed by atoms with E-state index in [-0.39, 0.29) is 12.1 Å². The third-order valence-electron chi connectivity index (χ3n) is 3.25. The molecule has 2 aromatic carbocycles. The first-order chi connectivity index (χ1) is 10.5. The lowest BCUT2D eigenvalue weighted by Gasteiger charge is -1.91. The third kappa shape index (κ3) is 1.69. The van der Waals surface area contributed by atoms with Crippen LogP contribution >= 0.6 is 0 Å². The maximum Gasteiger partial charge on any atom is 0.125 e. The minimum Gasteiger partial charge on any atom is -0.353 e. The topological polar surface area (TPSA) is 31.6 Å². The summed E-state index contributed by atoms with van der Waals surface area (Å²) >= 11 is 0. The van der Waals surface area contributed by atoms with Gasteiger partial charge in [-0.3, -0.25) is 0 Å². The van der Waals surface area contributed by atoms with Gasteiger partial charge in [-0.25, -0.2) is 8.78 Å². The zero-order valence-electron chi connectivity index (χ0n) is 12.2. The first-order valence-corrected chi connectivity index (χ1v) is 6.10. The van der Waals surface area contributed by atoms with Gasteiger partial charge in [-0.05, 0) is 48.5 Å². The van der Waals surface area contributed by atoms with Crippen molar-refractivity contribution in [1.82, 2.24) is 9.97 Å². The smallest absolute Gasteiger partial charge is 0.125 e. The standard InChI is InChI=1S/C16H10F2N2/c17-11-3-1-9-5-15(19-13(9)7-11)16-6-10-2-4-12(18)8-14(10)20-16/h1-8,19-20H/i5D,6D. The highest BCUT2D eigenvalue weighted by Crippen LogP contribution is 2.27. The van der Waals surface area contributed by atoms with Gasteiger partial charge in [0.2, 0.25) is 0 Å². The van der Waals surface area contributed by atoms with Crippen molar-refractivity contribution in [3.05, 3.63) is 60.1 Å². The first-order valence-electron chi connectivity index (χ1n) is 7.10. The summed E-state index contributed by atoms with van der Waals surface area (Å²) in [7, 11) is 0. The van der Waals surface area contributed by atoms with Crippen LogP contribution in [0.25, 0.3) is 33.2 Å². The number of aromatic amines is 2. The lowest BCUT2D eigenvalue weighted by Crippen LogP contribution is -1.76. The van der Waals surface area contributed by atoms with Crippen molar-refractivity contribution >= 4 is 21.8 Å². The number of hydrogen-bond acceptors (Lipinski definition) is 0. The molecule has 20 heavy (non-hydrogen) atoms. The van der Waals surface area contributed by atoms with Gasteiger partial charge in [-0.1, -0.05) is 0 Å². The number of H-pyrrole nitrogens is 2. The van der Waals surface area contributed by atoms with Gasteiger partial charge < -0.3 is 9.97 Å². The van der Waals surface area contributed by atoms with Gasteiger partial charge in [-0.2, -0.15) is 0 Å². The van der Waals surface area contributed by atoms with Crippen LogP contribution in [0, 0.1) is 11.6 Å². The molecule has 0 fully saturated rings. The summed E-state index contributed by atoms with van der Waals surface area (Å²) in [6.07, 6.45) is 0. The van der Waals surface area contributed by atoms with Crippen molar-refractivity contribution in [3.8, 4) is 11.4 Å². The van der Waals surface area contributed by atoms with Crippen LogP contribution in [0.1, 0.15) is 2.74 Å². The second-order valence-corrected chi connectivity index (χ2v) is 4.63. The molecule has 2 nitrogen and oxygen atoms in total. The maximum absolute atomic E-state index is 13.3. The van der Waals surface area contributed by atoms with Crippen molar-refractivity contribution < 1.29 is 11.5 Å². The van der Waals surface area contributed by atoms with Gasteiger partial charge in [0.05, 0.1) is 14.1 Å². The highest BCUT2D eigenvalue weighted by molar-refractivity contribution is 5.89. The van der Waals surface area contributed by atoms with Gasteiger partial charge in [0.1, 0.15) is 11.6 Å². The Morgan fingerprint density at radius 1 is 0.750 bits per heavy atom. The predicted octanol–water partition coefficient (Wildman–Crippen LogP) is 4.59. The molecule has 0 unspecified atom stereocenters. The van der Waals surface area contributed by atoms with Crippen molar-refractivity contribution in [2.24, 2.45) is 0 Å². The Labute approximate surface area is 115 Å². The summed E-state index contributed by atoms with van der Waals surface area (Å²) in [5.74, 6) is -0.796. The van der Waals surface area contributed by atoms with E-state index in [1.54, 1.807) is 0 Å². The summed E-state index contributed by atoms with van der Waals surface area (Å²) in [6.45, 7) is 0. The van der Waals surface area contributed by atoms with Crippen LogP contribution in [-0.4, -0.2) is 9.97 Å². The molecular weight excluding hydrogens is 258 g/mol. The minimum absolute atomic E-state index is 0.176. The molecule has 2 heterocycles. The second kappa shape index (κ2) is 3.93. The van der Waals surface area contributed by atoms with Crippen LogP contribution in [0.2, 0.25) is 0 Å². The molecule has 4 rings (SSSR count). The van der Waals surface area contributed by atoms with E-state index in [0.717, 1.165) is 0 Å². The minimum atomic E-state index is -0.398. The lowest BCUT2D eigenvalue weighted by atomic mass is 10.2. The van der Waals surface area contributed by atoms with E-state index in [2.05, 4.69) is 9.97 Å². The molecule has 0 aliphatic carbocycles. The predicted molar refractivity (Wildman–Crippen MR) is 75.5 cm³/mol. The van der Waals surface area contributed by atoms with E-state index < -0.39 is 11.6 Å². The molecule has 0 saturated carbocycles. The fourth-order valence-corrected chi connectivity index (χ4v) is 2.31. The average molecular weight is 270 g/mol. The van der Waals surface area contributed by atoms with Crippen LogP contribution in [0.3, 0.4) is 0 Å². The number of nitrogens with one attached hydrogen (secondary N) is 2. The molecule has 0 aliphatic rings. The molecule has 0 spiro atoms. The summed E-state index contributed by atoms with van der Waals surface area (Å²) < 4.78 is 43.0. The number of benzene rings is 2. The van der Waals surface area contributed by atoms with E-state index in [1.807, 2.05) is 0 Å². The molecule has 0 aliphatic heterocycles. The van der Waals surface area contributed by atoms with Crippen molar-refractivity contribution in [2.75, 3.05) is 0 Å². The van der Waals surface area contributed by atoms with Crippen LogP contribution < -0.4 is 0 Å². The van der Waals surface area contributed by atoms with Gasteiger partial charge >= 0.3 is 0 Å². The maximum atomic E-state index is 13.3. The third-order valence-corrected chi connectivity index (χ3v) is 3.25. The zero-order valence-corrected chi connectivity index (χ0v) is 10.2. The van der Waals surface area contributed by atoms with Crippen LogP contribution in [0.4, 0.5) is 8.78 Å². The molecule has 4 heteroatoms. The number of hydrogen-bond donors (Lipinski definition) is 2. The molecule has 0 saturated heterocycles. The highest BCUT2D eigenvalue weighted by Gasteiger charge is 2.08. The Bertz CT molecular complexity index is 950. The molecule has 98 valence electrons. The Morgan fingerprint density at radius 3 is 1.65 bits per heavy atom. The van der Waals surface area contributed by atoms with Crippen molar-refractivity contribution in [2.45, 2.75) is 0 Å². The zero-order chi connectivity index (χ0) is 15.4. The molecule has 2 aromatic heterocycles. The van der Waals surface area contributed by atoms with E-state index in [0.29, 0.717) is 33.2 Å². The van der Waals surface area contributed by atoms with Crippen LogP contribution in [-0.2, 0) is 0 Å². The van der Waals surface area contributed by atoms with Gasteiger partial charge in [0.25, 0.3) is 0 Å². The Kier molecular flexibility index (Phi) is 1.83. The molecule has 0 bridgehead atoms. The first kappa shape index (κ1) is 9.31. The van der Waals surface area contributed by atoms with E-state index in [9.17, 15) is 8.78 Å². The van der Waals surface area contributed by atoms with Gasteiger partial charge in [0.15, 0.2) is 0 Å². The van der Waals surface area contributed by atoms with Crippen molar-refractivity contribution in [1.29, 1.82) is 0 Å². The van der Waals surface area contributed by atoms with E-state index >= 15 is 0 Å². The van der Waals surface area contributed by atoms with Crippen LogP contribution in [0.5, 0.6) is 0 Å². The van der Waals surface area contributed by atoms with E-state index in [4.69, 9.17) is 2.74 Å². The van der Waals surface area contributed by atoms with Gasteiger partial charge in [-0.15, -0.1) is 0 Å². The van der Waals surface area contributed by atoms with Crippen LogP contribution in [0.15, 0.2) is 48.5 Å². The summed E-state index contributed by atoms with van der Waals surface area (Å²) in [5.41, 5.74) is 1.76. The fraction of sp³-hybridized carbons (Fsp3) is 0. The molecule has 4 aromatic rings. The quantitative estimate of drug-likeness (QED) is 0.507. The number of fused-ring (bicyclic) bond motifs is 2. The highest BCUT2D eigenvalue weighted by atomic mass is 19.1. The monoisotopic (exact) mass is 270 g/mol. The molecule has 0 amide bonds. The number of aromatic nitrogens is 2. The van der Waals surface area contributed by atoms with E-state index in [1.165, 1.54) is 36.4 Å². The van der Waals surface area contributed by atoms with Crippen molar-refractivity contribution in [3.63, 3.8) is 0 Å². The summed E-state index contributed by atoms with van der Waals surface area (Å²) in [4.78, 5) is 5.93. The lowest BCUT2D eigenvalue weighted by molar-refractivity contribution is 0.629. The summed E-state index contributed by atoms with van der Waals surface area (Å²) in [6, 6.07) is 8.61. The molecule has 0 atom stereocenters. The second-order valence-electron chi connectivity index (χ2n) is 4.63. The molecule has 0 radical (unpaired) electrons.